The van der Waals surface area contributed by atoms with Gasteiger partial charge in [-0.1, -0.05) is 24.3 Å². The monoisotopic (exact) mass is 335 g/mol. The lowest BCUT2D eigenvalue weighted by Crippen LogP contribution is -2.49. The molecule has 1 atom stereocenters. The van der Waals surface area contributed by atoms with Gasteiger partial charge < -0.3 is 14.4 Å². The van der Waals surface area contributed by atoms with Gasteiger partial charge in [-0.15, -0.1) is 6.58 Å². The molecule has 2 heterocycles. The number of hydrogen-bond donors (Lipinski definition) is 0. The fourth-order valence-corrected chi connectivity index (χ4v) is 4.36. The van der Waals surface area contributed by atoms with Crippen molar-refractivity contribution in [3.05, 3.63) is 71.3 Å². The van der Waals surface area contributed by atoms with Gasteiger partial charge in [0.1, 0.15) is 0 Å². The predicted octanol–water partition coefficient (Wildman–Crippen LogP) is 3.54. The summed E-state index contributed by atoms with van der Waals surface area (Å²) in [5.41, 5.74) is 3.62. The molecule has 0 radical (unpaired) electrons. The molecule has 1 unspecified atom stereocenters. The van der Waals surface area contributed by atoms with Crippen molar-refractivity contribution in [3.63, 3.8) is 0 Å². The number of carbonyl (C=O) groups excluding carboxylic acids is 1. The van der Waals surface area contributed by atoms with Gasteiger partial charge in [-0.3, -0.25) is 4.79 Å². The molecule has 4 heteroatoms. The van der Waals surface area contributed by atoms with Crippen LogP contribution in [0.1, 0.15) is 33.5 Å². The fourth-order valence-electron chi connectivity index (χ4n) is 4.36. The smallest absolute Gasteiger partial charge is 0.255 e. The Morgan fingerprint density at radius 1 is 1.16 bits per heavy atom. The molecule has 0 N–H and O–H groups in total. The van der Waals surface area contributed by atoms with Crippen molar-refractivity contribution in [2.45, 2.75) is 18.4 Å². The highest BCUT2D eigenvalue weighted by atomic mass is 16.5. The summed E-state index contributed by atoms with van der Waals surface area (Å²) < 4.78 is 11.0. The molecule has 1 amide bonds. The molecule has 128 valence electrons. The number of amides is 1. The third-order valence-corrected chi connectivity index (χ3v) is 5.41. The maximum atomic E-state index is 13.0. The van der Waals surface area contributed by atoms with E-state index in [1.165, 1.54) is 5.56 Å². The van der Waals surface area contributed by atoms with Crippen LogP contribution in [0.4, 0.5) is 0 Å². The van der Waals surface area contributed by atoms with Crippen molar-refractivity contribution in [2.75, 3.05) is 20.8 Å². The number of fused-ring (bicyclic) bond motifs is 5. The van der Waals surface area contributed by atoms with Crippen LogP contribution < -0.4 is 9.47 Å². The minimum absolute atomic E-state index is 0.0953. The first-order valence-corrected chi connectivity index (χ1v) is 8.45. The van der Waals surface area contributed by atoms with Gasteiger partial charge in [0.15, 0.2) is 11.5 Å². The van der Waals surface area contributed by atoms with Gasteiger partial charge in [-0.25, -0.2) is 0 Å². The zero-order chi connectivity index (χ0) is 17.6. The Morgan fingerprint density at radius 2 is 1.88 bits per heavy atom. The molecule has 0 spiro atoms. The Labute approximate surface area is 147 Å². The van der Waals surface area contributed by atoms with Crippen LogP contribution in [0, 0.1) is 0 Å². The van der Waals surface area contributed by atoms with E-state index in [1.807, 2.05) is 41.3 Å². The Hall–Kier alpha value is -2.75. The predicted molar refractivity (Wildman–Crippen MR) is 96.3 cm³/mol. The quantitative estimate of drug-likeness (QED) is 0.802. The minimum Gasteiger partial charge on any atom is -0.493 e. The van der Waals surface area contributed by atoms with Gasteiger partial charge in [0, 0.05) is 12.1 Å². The first-order chi connectivity index (χ1) is 12.2. The van der Waals surface area contributed by atoms with Crippen molar-refractivity contribution in [1.82, 2.24) is 4.90 Å². The first-order valence-electron chi connectivity index (χ1n) is 8.45. The lowest BCUT2D eigenvalue weighted by atomic mass is 9.75. The highest BCUT2D eigenvalue weighted by molar-refractivity contribution is 6.01. The summed E-state index contributed by atoms with van der Waals surface area (Å²) in [4.78, 5) is 15.0. The summed E-state index contributed by atoms with van der Waals surface area (Å²) in [5, 5.41) is 0. The molecule has 0 bridgehead atoms. The van der Waals surface area contributed by atoms with Crippen LogP contribution in [-0.4, -0.2) is 31.6 Å². The van der Waals surface area contributed by atoms with E-state index in [4.69, 9.17) is 9.47 Å². The molecule has 4 rings (SSSR count). The summed E-state index contributed by atoms with van der Waals surface area (Å²) in [6.45, 7) is 4.65. The van der Waals surface area contributed by atoms with Crippen LogP contribution in [0.25, 0.3) is 0 Å². The van der Waals surface area contributed by atoms with E-state index in [2.05, 4.69) is 12.6 Å². The molecule has 0 saturated carbocycles. The van der Waals surface area contributed by atoms with Gasteiger partial charge in [0.2, 0.25) is 0 Å². The molecule has 2 aromatic carbocycles. The molecule has 2 aliphatic rings. The number of benzene rings is 2. The SMILES string of the molecule is C=CCC12c3cc(OC)c(OC)cc3CCN1C(=O)c1ccccc12. The lowest BCUT2D eigenvalue weighted by Gasteiger charge is -2.44. The van der Waals surface area contributed by atoms with Crippen LogP contribution in [0.3, 0.4) is 0 Å². The molecule has 0 aromatic heterocycles. The van der Waals surface area contributed by atoms with Crippen LogP contribution >= 0.6 is 0 Å². The molecule has 2 aromatic rings. The van der Waals surface area contributed by atoms with Gasteiger partial charge in [0.25, 0.3) is 5.91 Å². The summed E-state index contributed by atoms with van der Waals surface area (Å²) >= 11 is 0. The Morgan fingerprint density at radius 3 is 2.60 bits per heavy atom. The van der Waals surface area contributed by atoms with E-state index < -0.39 is 5.54 Å². The standard InChI is InChI=1S/C21H21NO3/c1-4-10-21-16-8-6-5-7-15(16)20(23)22(21)11-9-14-12-18(24-2)19(25-3)13-17(14)21/h4-8,12-13H,1,9-11H2,2-3H3. The van der Waals surface area contributed by atoms with Crippen LogP contribution in [0.2, 0.25) is 0 Å². The number of carbonyl (C=O) groups is 1. The van der Waals surface area contributed by atoms with E-state index in [1.54, 1.807) is 14.2 Å². The number of ether oxygens (including phenoxy) is 2. The van der Waals surface area contributed by atoms with Crippen molar-refractivity contribution in [2.24, 2.45) is 0 Å². The first kappa shape index (κ1) is 15.8. The highest BCUT2D eigenvalue weighted by Gasteiger charge is 2.52. The van der Waals surface area contributed by atoms with Crippen molar-refractivity contribution < 1.29 is 14.3 Å². The second-order valence-electron chi connectivity index (χ2n) is 6.47. The van der Waals surface area contributed by atoms with Gasteiger partial charge in [-0.2, -0.15) is 0 Å². The summed E-state index contributed by atoms with van der Waals surface area (Å²) in [5.74, 6) is 1.50. The third-order valence-electron chi connectivity index (χ3n) is 5.41. The number of hydrogen-bond acceptors (Lipinski definition) is 3. The van der Waals surface area contributed by atoms with Crippen LogP contribution in [0.5, 0.6) is 11.5 Å². The summed E-state index contributed by atoms with van der Waals surface area (Å²) in [7, 11) is 3.28. The van der Waals surface area contributed by atoms with E-state index in [0.29, 0.717) is 18.7 Å². The normalized spacial score (nSPS) is 20.6. The Kier molecular flexibility index (Phi) is 3.57. The molecule has 2 aliphatic heterocycles. The molecule has 0 fully saturated rings. The van der Waals surface area contributed by atoms with E-state index >= 15 is 0 Å². The largest absolute Gasteiger partial charge is 0.493 e. The minimum atomic E-state index is -0.511. The Bertz CT molecular complexity index is 873. The van der Waals surface area contributed by atoms with Gasteiger partial charge in [0.05, 0.1) is 19.8 Å². The number of methoxy groups -OCH3 is 2. The second kappa shape index (κ2) is 5.66. The maximum absolute atomic E-state index is 13.0. The van der Waals surface area contributed by atoms with E-state index in [0.717, 1.165) is 28.9 Å². The zero-order valence-electron chi connectivity index (χ0n) is 14.5. The molecule has 0 saturated heterocycles. The van der Waals surface area contributed by atoms with E-state index in [-0.39, 0.29) is 5.91 Å². The van der Waals surface area contributed by atoms with Crippen molar-refractivity contribution in [1.29, 1.82) is 0 Å². The number of nitrogens with zero attached hydrogens (tertiary/aromatic N) is 1. The third kappa shape index (κ3) is 1.97. The zero-order valence-corrected chi connectivity index (χ0v) is 14.5. The van der Waals surface area contributed by atoms with Crippen molar-refractivity contribution >= 4 is 5.91 Å². The molecular weight excluding hydrogens is 314 g/mol. The fraction of sp³-hybridized carbons (Fsp3) is 0.286. The average molecular weight is 335 g/mol. The van der Waals surface area contributed by atoms with Crippen LogP contribution in [-0.2, 0) is 12.0 Å². The Balaban J connectivity index is 2.04. The number of rotatable bonds is 4. The van der Waals surface area contributed by atoms with Crippen molar-refractivity contribution in [3.8, 4) is 11.5 Å². The van der Waals surface area contributed by atoms with Gasteiger partial charge in [-0.05, 0) is 47.7 Å². The topological polar surface area (TPSA) is 38.8 Å². The van der Waals surface area contributed by atoms with E-state index in [9.17, 15) is 4.79 Å². The maximum Gasteiger partial charge on any atom is 0.255 e. The summed E-state index contributed by atoms with van der Waals surface area (Å²) in [6, 6.07) is 12.0. The highest BCUT2D eigenvalue weighted by Crippen LogP contribution is 2.52. The second-order valence-corrected chi connectivity index (χ2v) is 6.47. The molecule has 0 aliphatic carbocycles. The lowest BCUT2D eigenvalue weighted by molar-refractivity contribution is 0.0603. The van der Waals surface area contributed by atoms with Gasteiger partial charge >= 0.3 is 0 Å². The van der Waals surface area contributed by atoms with Crippen LogP contribution in [0.15, 0.2) is 49.1 Å². The molecule has 25 heavy (non-hydrogen) atoms. The average Bonchev–Trinajstić information content (AvgIpc) is 2.90. The summed E-state index contributed by atoms with van der Waals surface area (Å²) in [6.07, 6.45) is 3.36. The molecule has 4 nitrogen and oxygen atoms in total. The molecular formula is C21H21NO3.